The fourth-order valence-corrected chi connectivity index (χ4v) is 6.06. The summed E-state index contributed by atoms with van der Waals surface area (Å²) in [6.45, 7) is 4.56. The van der Waals surface area contributed by atoms with Crippen LogP contribution >= 0.6 is 22.9 Å². The Labute approximate surface area is 242 Å². The van der Waals surface area contributed by atoms with Gasteiger partial charge in [-0.3, -0.25) is 9.69 Å². The van der Waals surface area contributed by atoms with Crippen molar-refractivity contribution in [3.8, 4) is 5.75 Å². The minimum absolute atomic E-state index is 0.0801. The maximum Gasteiger partial charge on any atom is 0.322 e. The van der Waals surface area contributed by atoms with Crippen LogP contribution in [0.4, 0.5) is 14.9 Å². The van der Waals surface area contributed by atoms with Crippen molar-refractivity contribution in [2.75, 3.05) is 64.4 Å². The number of fused-ring (bicyclic) bond motifs is 1. The lowest BCUT2D eigenvalue weighted by Gasteiger charge is -2.37. The number of rotatable bonds is 9. The average molecular weight is 587 g/mol. The van der Waals surface area contributed by atoms with Crippen molar-refractivity contribution >= 4 is 40.6 Å². The van der Waals surface area contributed by atoms with Gasteiger partial charge >= 0.3 is 6.03 Å². The van der Waals surface area contributed by atoms with E-state index in [0.717, 1.165) is 25.1 Å². The number of halogens is 2. The average Bonchev–Trinajstić information content (AvgIpc) is 3.44. The first kappa shape index (κ1) is 28.4. The second kappa shape index (κ2) is 13.5. The Kier molecular flexibility index (Phi) is 9.53. The lowest BCUT2D eigenvalue weighted by Crippen LogP contribution is -2.50. The zero-order valence-electron chi connectivity index (χ0n) is 22.1. The highest BCUT2D eigenvalue weighted by Crippen LogP contribution is 2.34. The van der Waals surface area contributed by atoms with E-state index in [4.69, 9.17) is 21.1 Å². The van der Waals surface area contributed by atoms with Crippen molar-refractivity contribution in [2.45, 2.75) is 12.5 Å². The van der Waals surface area contributed by atoms with E-state index in [0.29, 0.717) is 49.3 Å². The summed E-state index contributed by atoms with van der Waals surface area (Å²) in [7, 11) is 0. The van der Waals surface area contributed by atoms with Gasteiger partial charge in [0.15, 0.2) is 0 Å². The van der Waals surface area contributed by atoms with E-state index in [-0.39, 0.29) is 36.9 Å². The number of urea groups is 1. The topological polar surface area (TPSA) is 74.4 Å². The van der Waals surface area contributed by atoms with E-state index in [1.165, 1.54) is 17.0 Å². The minimum Gasteiger partial charge on any atom is -0.491 e. The third kappa shape index (κ3) is 7.31. The van der Waals surface area contributed by atoms with Crippen molar-refractivity contribution in [3.05, 3.63) is 81.3 Å². The predicted octanol–water partition coefficient (Wildman–Crippen LogP) is 4.91. The molecular weight excluding hydrogens is 555 g/mol. The van der Waals surface area contributed by atoms with Gasteiger partial charge in [0.1, 0.15) is 24.7 Å². The Bertz CT molecular complexity index is 1300. The highest BCUT2D eigenvalue weighted by Gasteiger charge is 2.33. The molecule has 1 aromatic heterocycles. The molecule has 212 valence electrons. The summed E-state index contributed by atoms with van der Waals surface area (Å²) in [4.78, 5) is 34.0. The lowest BCUT2D eigenvalue weighted by atomic mass is 10.0. The third-order valence-electron chi connectivity index (χ3n) is 7.12. The molecule has 0 bridgehead atoms. The molecule has 1 saturated heterocycles. The molecule has 3 amide bonds. The van der Waals surface area contributed by atoms with Gasteiger partial charge in [-0.25, -0.2) is 9.18 Å². The van der Waals surface area contributed by atoms with Gasteiger partial charge in [-0.15, -0.1) is 11.3 Å². The fourth-order valence-electron chi connectivity index (χ4n) is 4.94. The zero-order valence-corrected chi connectivity index (χ0v) is 23.6. The Morgan fingerprint density at radius 3 is 2.70 bits per heavy atom. The molecule has 0 aliphatic carbocycles. The molecular formula is C29H32ClFN4O4S. The molecule has 11 heteroatoms. The molecule has 0 spiro atoms. The van der Waals surface area contributed by atoms with Gasteiger partial charge < -0.3 is 24.6 Å². The number of anilines is 1. The number of morpholine rings is 1. The van der Waals surface area contributed by atoms with E-state index in [1.807, 2.05) is 11.4 Å². The summed E-state index contributed by atoms with van der Waals surface area (Å²) >= 11 is 7.78. The minimum atomic E-state index is -0.365. The number of hydrogen-bond acceptors (Lipinski definition) is 6. The number of nitrogens with zero attached hydrogens (tertiary/aromatic N) is 3. The number of thiophene rings is 1. The molecule has 3 aromatic rings. The monoisotopic (exact) mass is 586 g/mol. The highest BCUT2D eigenvalue weighted by atomic mass is 35.5. The molecule has 0 unspecified atom stereocenters. The van der Waals surface area contributed by atoms with Gasteiger partial charge in [-0.05, 0) is 65.9 Å². The van der Waals surface area contributed by atoms with E-state index < -0.39 is 0 Å². The quantitative estimate of drug-likeness (QED) is 0.386. The van der Waals surface area contributed by atoms with E-state index in [1.54, 1.807) is 57.5 Å². The van der Waals surface area contributed by atoms with Gasteiger partial charge in [0, 0.05) is 48.3 Å². The Hall–Kier alpha value is -3.18. The largest absolute Gasteiger partial charge is 0.491 e. The molecule has 1 atom stereocenters. The maximum absolute atomic E-state index is 13.8. The number of nitrogens with one attached hydrogen (secondary N) is 1. The summed E-state index contributed by atoms with van der Waals surface area (Å²) in [6.07, 6.45) is 0.744. The molecule has 1 N–H and O–H groups in total. The molecule has 40 heavy (non-hydrogen) atoms. The van der Waals surface area contributed by atoms with Crippen LogP contribution in [-0.4, -0.2) is 85.7 Å². The molecule has 2 aromatic carbocycles. The van der Waals surface area contributed by atoms with Gasteiger partial charge in [0.25, 0.3) is 0 Å². The third-order valence-corrected chi connectivity index (χ3v) is 8.35. The maximum atomic E-state index is 13.8. The molecule has 2 aliphatic heterocycles. The van der Waals surface area contributed by atoms with E-state index in [2.05, 4.69) is 10.2 Å². The van der Waals surface area contributed by atoms with Crippen LogP contribution < -0.4 is 10.1 Å². The molecule has 0 radical (unpaired) electrons. The summed E-state index contributed by atoms with van der Waals surface area (Å²) in [5.74, 6) is 0.0344. The molecule has 0 saturated carbocycles. The number of amides is 3. The van der Waals surface area contributed by atoms with Crippen molar-refractivity contribution in [2.24, 2.45) is 0 Å². The SMILES string of the molecule is O=C(Nc1cccc(Cl)c1)N(CCN1CCOCC1)CC(=O)N1CCc2sccc2[C@@H]1COc1ccc(F)cc1. The van der Waals surface area contributed by atoms with Crippen LogP contribution in [-0.2, 0) is 16.0 Å². The summed E-state index contributed by atoms with van der Waals surface area (Å²) in [5, 5.41) is 5.42. The fraction of sp³-hybridized carbons (Fsp3) is 0.379. The highest BCUT2D eigenvalue weighted by molar-refractivity contribution is 7.10. The van der Waals surface area contributed by atoms with Gasteiger partial charge in [-0.1, -0.05) is 17.7 Å². The number of carbonyl (C=O) groups excluding carboxylic acids is 2. The second-order valence-corrected chi connectivity index (χ2v) is 11.2. The number of hydrogen-bond donors (Lipinski definition) is 1. The summed E-state index contributed by atoms with van der Waals surface area (Å²) < 4.78 is 24.8. The first-order chi connectivity index (χ1) is 19.5. The Balaban J connectivity index is 1.30. The van der Waals surface area contributed by atoms with Crippen LogP contribution in [0.15, 0.2) is 60.0 Å². The number of benzene rings is 2. The van der Waals surface area contributed by atoms with Crippen molar-refractivity contribution < 1.29 is 23.5 Å². The Morgan fingerprint density at radius 1 is 1.12 bits per heavy atom. The number of ether oxygens (including phenoxy) is 2. The van der Waals surface area contributed by atoms with Crippen LogP contribution in [0.1, 0.15) is 16.5 Å². The van der Waals surface area contributed by atoms with Gasteiger partial charge in [0.05, 0.1) is 19.3 Å². The van der Waals surface area contributed by atoms with E-state index >= 15 is 0 Å². The summed E-state index contributed by atoms with van der Waals surface area (Å²) in [5.41, 5.74) is 1.61. The zero-order chi connectivity index (χ0) is 27.9. The molecule has 5 rings (SSSR count). The molecule has 2 aliphatic rings. The van der Waals surface area contributed by atoms with Crippen LogP contribution in [0.25, 0.3) is 0 Å². The molecule has 3 heterocycles. The second-order valence-electron chi connectivity index (χ2n) is 9.73. The first-order valence-electron chi connectivity index (χ1n) is 13.3. The van der Waals surface area contributed by atoms with Crippen molar-refractivity contribution in [1.29, 1.82) is 0 Å². The lowest BCUT2D eigenvalue weighted by molar-refractivity contribution is -0.135. The van der Waals surface area contributed by atoms with Crippen LogP contribution in [0.5, 0.6) is 5.75 Å². The van der Waals surface area contributed by atoms with Gasteiger partial charge in [-0.2, -0.15) is 0 Å². The number of carbonyl (C=O) groups is 2. The van der Waals surface area contributed by atoms with Crippen molar-refractivity contribution in [1.82, 2.24) is 14.7 Å². The van der Waals surface area contributed by atoms with Crippen LogP contribution in [0, 0.1) is 5.82 Å². The molecule has 1 fully saturated rings. The van der Waals surface area contributed by atoms with Crippen LogP contribution in [0.3, 0.4) is 0 Å². The standard InChI is InChI=1S/C29H32ClFN4O4S/c30-21-2-1-3-23(18-21)32-29(37)34(12-11-33-13-15-38-16-14-33)19-28(36)35-10-8-27-25(9-17-40-27)26(35)20-39-24-6-4-22(31)5-7-24/h1-7,9,17-18,26H,8,10-16,19-20H2,(H,32,37)/t26-/m0/s1. The first-order valence-corrected chi connectivity index (χ1v) is 14.6. The van der Waals surface area contributed by atoms with Gasteiger partial charge in [0.2, 0.25) is 5.91 Å². The van der Waals surface area contributed by atoms with Crippen molar-refractivity contribution in [3.63, 3.8) is 0 Å². The Morgan fingerprint density at radius 2 is 1.93 bits per heavy atom. The predicted molar refractivity (Wildman–Crippen MR) is 154 cm³/mol. The van der Waals surface area contributed by atoms with Crippen LogP contribution in [0.2, 0.25) is 5.02 Å². The van der Waals surface area contributed by atoms with E-state index in [9.17, 15) is 14.0 Å². The normalized spacial score (nSPS) is 17.2. The molecule has 8 nitrogen and oxygen atoms in total. The smallest absolute Gasteiger partial charge is 0.322 e. The summed E-state index contributed by atoms with van der Waals surface area (Å²) in [6, 6.07) is 14.1.